The summed E-state index contributed by atoms with van der Waals surface area (Å²) in [5.41, 5.74) is 0. The van der Waals surface area contributed by atoms with Gasteiger partial charge in [0.05, 0.1) is 0 Å². The van der Waals surface area contributed by atoms with Crippen LogP contribution in [0.25, 0.3) is 0 Å². The van der Waals surface area contributed by atoms with Crippen molar-refractivity contribution in [3.63, 3.8) is 0 Å². The minimum atomic E-state index is -1.02. The van der Waals surface area contributed by atoms with E-state index in [0.717, 1.165) is 6.42 Å². The summed E-state index contributed by atoms with van der Waals surface area (Å²) >= 11 is 0. The lowest BCUT2D eigenvalue weighted by atomic mass is 10.0. The van der Waals surface area contributed by atoms with Crippen molar-refractivity contribution >= 4 is 6.09 Å². The molecule has 0 aliphatic heterocycles. The van der Waals surface area contributed by atoms with Gasteiger partial charge in [-0.3, -0.25) is 0 Å². The van der Waals surface area contributed by atoms with Gasteiger partial charge in [0.2, 0.25) is 5.89 Å². The zero-order valence-electron chi connectivity index (χ0n) is 9.73. The van der Waals surface area contributed by atoms with Crippen LogP contribution >= 0.6 is 0 Å². The number of amides is 1. The third-order valence-corrected chi connectivity index (χ3v) is 2.08. The fraction of sp³-hybridized carbons (Fsp3) is 0.700. The molecule has 6 nitrogen and oxygen atoms in total. The molecule has 1 aromatic rings. The van der Waals surface area contributed by atoms with Crippen LogP contribution in [0.2, 0.25) is 0 Å². The minimum absolute atomic E-state index is 0.172. The van der Waals surface area contributed by atoms with Gasteiger partial charge < -0.3 is 14.9 Å². The summed E-state index contributed by atoms with van der Waals surface area (Å²) in [6.45, 7) is 5.79. The van der Waals surface area contributed by atoms with Gasteiger partial charge in [-0.2, -0.15) is 4.98 Å². The van der Waals surface area contributed by atoms with E-state index in [0.29, 0.717) is 24.1 Å². The lowest BCUT2D eigenvalue weighted by molar-refractivity contribution is 0.187. The first-order valence-corrected chi connectivity index (χ1v) is 5.26. The van der Waals surface area contributed by atoms with E-state index in [2.05, 4.69) is 15.5 Å². The maximum atomic E-state index is 10.6. The minimum Gasteiger partial charge on any atom is -0.465 e. The SMILES string of the molecule is Cc1nc(C[C@H](CC(C)C)NC(=O)O)no1. The highest BCUT2D eigenvalue weighted by Gasteiger charge is 2.16. The third kappa shape index (κ3) is 4.29. The standard InChI is InChI=1S/C10H17N3O3/c1-6(2)4-8(12-10(14)15)5-9-11-7(3)16-13-9/h6,8,12H,4-5H2,1-3H3,(H,14,15)/t8-/m0/s1. The van der Waals surface area contributed by atoms with Crippen LogP contribution in [-0.4, -0.2) is 27.4 Å². The number of aromatic nitrogens is 2. The van der Waals surface area contributed by atoms with Crippen LogP contribution in [0.1, 0.15) is 32.0 Å². The zero-order valence-corrected chi connectivity index (χ0v) is 9.73. The highest BCUT2D eigenvalue weighted by Crippen LogP contribution is 2.09. The molecule has 16 heavy (non-hydrogen) atoms. The number of carboxylic acid groups (broad SMARTS) is 1. The quantitative estimate of drug-likeness (QED) is 0.797. The predicted molar refractivity (Wildman–Crippen MR) is 57.1 cm³/mol. The van der Waals surface area contributed by atoms with Crippen molar-refractivity contribution in [2.45, 2.75) is 39.7 Å². The van der Waals surface area contributed by atoms with E-state index in [1.54, 1.807) is 6.92 Å². The molecule has 1 heterocycles. The van der Waals surface area contributed by atoms with Gasteiger partial charge in [0.1, 0.15) is 0 Å². The van der Waals surface area contributed by atoms with Gasteiger partial charge in [0, 0.05) is 19.4 Å². The molecule has 0 spiro atoms. The summed E-state index contributed by atoms with van der Waals surface area (Å²) in [7, 11) is 0. The maximum Gasteiger partial charge on any atom is 0.404 e. The van der Waals surface area contributed by atoms with Crippen molar-refractivity contribution in [1.82, 2.24) is 15.5 Å². The molecule has 0 fully saturated rings. The van der Waals surface area contributed by atoms with Gasteiger partial charge >= 0.3 is 6.09 Å². The van der Waals surface area contributed by atoms with Crippen molar-refractivity contribution < 1.29 is 14.4 Å². The number of hydrogen-bond acceptors (Lipinski definition) is 4. The monoisotopic (exact) mass is 227 g/mol. The fourth-order valence-electron chi connectivity index (χ4n) is 1.58. The van der Waals surface area contributed by atoms with E-state index < -0.39 is 6.09 Å². The lowest BCUT2D eigenvalue weighted by Gasteiger charge is -2.16. The molecule has 1 aromatic heterocycles. The van der Waals surface area contributed by atoms with Crippen LogP contribution < -0.4 is 5.32 Å². The number of nitrogens with one attached hydrogen (secondary N) is 1. The number of carbonyl (C=O) groups is 1. The Labute approximate surface area is 94.0 Å². The second-order valence-electron chi connectivity index (χ2n) is 4.21. The summed E-state index contributed by atoms with van der Waals surface area (Å²) in [4.78, 5) is 14.7. The first-order valence-electron chi connectivity index (χ1n) is 5.26. The van der Waals surface area contributed by atoms with Gasteiger partial charge in [-0.25, -0.2) is 4.79 Å². The smallest absolute Gasteiger partial charge is 0.404 e. The molecule has 0 unspecified atom stereocenters. The highest BCUT2D eigenvalue weighted by atomic mass is 16.5. The molecular weight excluding hydrogens is 210 g/mol. The Kier molecular flexibility index (Phi) is 4.28. The molecule has 0 aliphatic rings. The van der Waals surface area contributed by atoms with Gasteiger partial charge in [-0.1, -0.05) is 19.0 Å². The van der Waals surface area contributed by atoms with Crippen molar-refractivity contribution in [3.05, 3.63) is 11.7 Å². The van der Waals surface area contributed by atoms with E-state index in [1.807, 2.05) is 13.8 Å². The van der Waals surface area contributed by atoms with Crippen LogP contribution in [-0.2, 0) is 6.42 Å². The van der Waals surface area contributed by atoms with Crippen molar-refractivity contribution in [2.24, 2.45) is 5.92 Å². The molecule has 2 N–H and O–H groups in total. The maximum absolute atomic E-state index is 10.6. The Morgan fingerprint density at radius 3 is 2.69 bits per heavy atom. The van der Waals surface area contributed by atoms with Crippen LogP contribution in [0.4, 0.5) is 4.79 Å². The average molecular weight is 227 g/mol. The molecule has 1 amide bonds. The molecule has 90 valence electrons. The van der Waals surface area contributed by atoms with Crippen molar-refractivity contribution in [2.75, 3.05) is 0 Å². The zero-order chi connectivity index (χ0) is 12.1. The van der Waals surface area contributed by atoms with E-state index in [4.69, 9.17) is 9.63 Å². The van der Waals surface area contributed by atoms with Gasteiger partial charge in [0.25, 0.3) is 0 Å². The van der Waals surface area contributed by atoms with E-state index in [9.17, 15) is 4.79 Å². The van der Waals surface area contributed by atoms with E-state index in [1.165, 1.54) is 0 Å². The van der Waals surface area contributed by atoms with Crippen LogP contribution in [0.15, 0.2) is 4.52 Å². The topological polar surface area (TPSA) is 88.2 Å². The molecule has 0 saturated carbocycles. The first-order chi connectivity index (χ1) is 7.47. The highest BCUT2D eigenvalue weighted by molar-refractivity contribution is 5.64. The molecule has 0 aromatic carbocycles. The number of hydrogen-bond donors (Lipinski definition) is 2. The second-order valence-corrected chi connectivity index (χ2v) is 4.21. The van der Waals surface area contributed by atoms with E-state index in [-0.39, 0.29) is 6.04 Å². The summed E-state index contributed by atoms with van der Waals surface area (Å²) in [5.74, 6) is 1.44. The number of nitrogens with zero attached hydrogens (tertiary/aromatic N) is 2. The second kappa shape index (κ2) is 5.48. The largest absolute Gasteiger partial charge is 0.465 e. The molecule has 6 heteroatoms. The molecule has 0 aliphatic carbocycles. The van der Waals surface area contributed by atoms with Gasteiger partial charge in [-0.15, -0.1) is 0 Å². The summed E-state index contributed by atoms with van der Waals surface area (Å²) in [6, 6.07) is -0.172. The Morgan fingerprint density at radius 1 is 1.56 bits per heavy atom. The van der Waals surface area contributed by atoms with Crippen LogP contribution in [0.5, 0.6) is 0 Å². The van der Waals surface area contributed by atoms with Crippen LogP contribution in [0.3, 0.4) is 0 Å². The normalized spacial score (nSPS) is 12.8. The molecule has 0 saturated heterocycles. The number of rotatable bonds is 5. The first kappa shape index (κ1) is 12.5. The Morgan fingerprint density at radius 2 is 2.25 bits per heavy atom. The lowest BCUT2D eigenvalue weighted by Crippen LogP contribution is -2.36. The predicted octanol–water partition coefficient (Wildman–Crippen LogP) is 1.60. The number of aryl methyl sites for hydroxylation is 1. The Bertz CT molecular complexity index is 349. The average Bonchev–Trinajstić information content (AvgIpc) is 2.48. The van der Waals surface area contributed by atoms with Gasteiger partial charge in [-0.05, 0) is 12.3 Å². The Balaban J connectivity index is 2.58. The Hall–Kier alpha value is -1.59. The fourth-order valence-corrected chi connectivity index (χ4v) is 1.58. The summed E-state index contributed by atoms with van der Waals surface area (Å²) < 4.78 is 4.84. The molecule has 0 bridgehead atoms. The summed E-state index contributed by atoms with van der Waals surface area (Å²) in [5, 5.41) is 14.9. The molecule has 1 rings (SSSR count). The molecule has 0 radical (unpaired) electrons. The van der Waals surface area contributed by atoms with E-state index >= 15 is 0 Å². The summed E-state index contributed by atoms with van der Waals surface area (Å²) in [6.07, 6.45) is 0.188. The van der Waals surface area contributed by atoms with Crippen LogP contribution in [0, 0.1) is 12.8 Å². The molecular formula is C10H17N3O3. The van der Waals surface area contributed by atoms with Crippen molar-refractivity contribution in [3.8, 4) is 0 Å². The van der Waals surface area contributed by atoms with Gasteiger partial charge in [0.15, 0.2) is 5.82 Å². The van der Waals surface area contributed by atoms with Crippen molar-refractivity contribution in [1.29, 1.82) is 0 Å². The molecule has 1 atom stereocenters. The third-order valence-electron chi connectivity index (χ3n) is 2.08.